The lowest BCUT2D eigenvalue weighted by Gasteiger charge is -2.30. The molecule has 1 amide bonds. The van der Waals surface area contributed by atoms with E-state index in [0.717, 1.165) is 46.8 Å². The van der Waals surface area contributed by atoms with Crippen LogP contribution in [0.4, 0.5) is 0 Å². The Balaban J connectivity index is 0.00000150. The molecular weight excluding hydrogens is 427 g/mol. The number of halogens is 2. The van der Waals surface area contributed by atoms with Crippen molar-refractivity contribution >= 4 is 53.5 Å². The average Bonchev–Trinajstić information content (AvgIpc) is 3.11. The predicted molar refractivity (Wildman–Crippen MR) is 124 cm³/mol. The number of nitrogens with one attached hydrogen (secondary N) is 3. The van der Waals surface area contributed by atoms with Crippen LogP contribution in [0.15, 0.2) is 53.7 Å². The fourth-order valence-electron chi connectivity index (χ4n) is 3.44. The maximum atomic E-state index is 12.9. The second kappa shape index (κ2) is 10.9. The first-order chi connectivity index (χ1) is 13.2. The number of carbonyl (C=O) groups excluding carboxylic acids is 1. The number of hydrogen-bond donors (Lipinski definition) is 3. The molecule has 1 aliphatic heterocycles. The van der Waals surface area contributed by atoms with Gasteiger partial charge in [-0.05, 0) is 42.6 Å². The molecule has 156 valence electrons. The average molecular weight is 453 g/mol. The Kier molecular flexibility index (Phi) is 8.83. The molecule has 5 nitrogen and oxygen atoms in total. The van der Waals surface area contributed by atoms with Crippen molar-refractivity contribution in [2.24, 2.45) is 5.92 Å². The Hall–Kier alpha value is -1.73. The van der Waals surface area contributed by atoms with E-state index in [9.17, 15) is 4.79 Å². The van der Waals surface area contributed by atoms with Crippen molar-refractivity contribution in [1.82, 2.24) is 20.6 Å². The SMILES string of the molecule is CC1CCNCC1NC(=O)c1ccccc1CSc1nc2ccccc2[nH]1.Cl.Cl. The van der Waals surface area contributed by atoms with E-state index >= 15 is 0 Å². The molecule has 0 radical (unpaired) electrons. The van der Waals surface area contributed by atoms with Gasteiger partial charge in [0, 0.05) is 23.9 Å². The predicted octanol–water partition coefficient (Wildman–Crippen LogP) is 4.43. The summed E-state index contributed by atoms with van der Waals surface area (Å²) in [5, 5.41) is 7.45. The van der Waals surface area contributed by atoms with Gasteiger partial charge in [0.05, 0.1) is 11.0 Å². The third-order valence-corrected chi connectivity index (χ3v) is 6.06. The highest BCUT2D eigenvalue weighted by atomic mass is 35.5. The highest BCUT2D eigenvalue weighted by Gasteiger charge is 2.23. The number of rotatable bonds is 5. The normalized spacial score (nSPS) is 18.5. The summed E-state index contributed by atoms with van der Waals surface area (Å²) in [5.74, 6) is 1.20. The monoisotopic (exact) mass is 452 g/mol. The van der Waals surface area contributed by atoms with Crippen LogP contribution in [0, 0.1) is 5.92 Å². The second-order valence-electron chi connectivity index (χ2n) is 7.05. The Labute approximate surface area is 187 Å². The number of fused-ring (bicyclic) bond motifs is 1. The third kappa shape index (κ3) is 5.66. The number of carbonyl (C=O) groups is 1. The molecule has 0 spiro atoms. The minimum atomic E-state index is 0. The van der Waals surface area contributed by atoms with Crippen molar-refractivity contribution in [2.75, 3.05) is 13.1 Å². The maximum absolute atomic E-state index is 12.9. The van der Waals surface area contributed by atoms with Gasteiger partial charge in [-0.2, -0.15) is 0 Å². The number of thioether (sulfide) groups is 1. The highest BCUT2D eigenvalue weighted by Crippen LogP contribution is 2.25. The summed E-state index contributed by atoms with van der Waals surface area (Å²) < 4.78 is 0. The Morgan fingerprint density at radius 1 is 1.17 bits per heavy atom. The van der Waals surface area contributed by atoms with E-state index in [2.05, 4.69) is 27.5 Å². The van der Waals surface area contributed by atoms with Gasteiger partial charge in [-0.1, -0.05) is 49.0 Å². The number of amides is 1. The lowest BCUT2D eigenvalue weighted by molar-refractivity contribution is 0.0914. The zero-order valence-corrected chi connectivity index (χ0v) is 18.6. The standard InChI is InChI=1S/C21H24N4OS.2ClH/c1-14-10-11-22-12-19(14)23-20(26)16-7-3-2-6-15(16)13-27-21-24-17-8-4-5-9-18(17)25-21;;/h2-9,14,19,22H,10-13H2,1H3,(H,23,26)(H,24,25);2*1H. The number of aromatic amines is 1. The van der Waals surface area contributed by atoms with E-state index < -0.39 is 0 Å². The number of H-pyrrole nitrogens is 1. The van der Waals surface area contributed by atoms with Gasteiger partial charge in [0.15, 0.2) is 5.16 Å². The highest BCUT2D eigenvalue weighted by molar-refractivity contribution is 7.98. The summed E-state index contributed by atoms with van der Waals surface area (Å²) in [4.78, 5) is 20.8. The first-order valence-corrected chi connectivity index (χ1v) is 10.4. The molecule has 1 saturated heterocycles. The summed E-state index contributed by atoms with van der Waals surface area (Å²) >= 11 is 1.62. The van der Waals surface area contributed by atoms with Gasteiger partial charge in [0.1, 0.15) is 0 Å². The van der Waals surface area contributed by atoms with Crippen molar-refractivity contribution in [3.8, 4) is 0 Å². The number of para-hydroxylation sites is 2. The largest absolute Gasteiger partial charge is 0.348 e. The number of imidazole rings is 1. The Morgan fingerprint density at radius 2 is 1.93 bits per heavy atom. The summed E-state index contributed by atoms with van der Waals surface area (Å²) in [5.41, 5.74) is 3.77. The molecule has 2 aromatic carbocycles. The molecule has 0 aliphatic carbocycles. The molecule has 2 unspecified atom stereocenters. The first kappa shape index (κ1) is 23.5. The molecule has 29 heavy (non-hydrogen) atoms. The number of hydrogen-bond acceptors (Lipinski definition) is 4. The zero-order valence-electron chi connectivity index (χ0n) is 16.2. The van der Waals surface area contributed by atoms with Crippen LogP contribution in [-0.2, 0) is 5.75 Å². The Morgan fingerprint density at radius 3 is 2.72 bits per heavy atom. The lowest BCUT2D eigenvalue weighted by atomic mass is 9.94. The Bertz CT molecular complexity index is 916. The van der Waals surface area contributed by atoms with Crippen molar-refractivity contribution < 1.29 is 4.79 Å². The molecule has 2 atom stereocenters. The molecule has 1 aromatic heterocycles. The second-order valence-corrected chi connectivity index (χ2v) is 8.02. The van der Waals surface area contributed by atoms with E-state index in [1.54, 1.807) is 11.8 Å². The van der Waals surface area contributed by atoms with Crippen LogP contribution in [0.3, 0.4) is 0 Å². The quantitative estimate of drug-likeness (QED) is 0.500. The number of nitrogens with zero attached hydrogens (tertiary/aromatic N) is 1. The van der Waals surface area contributed by atoms with Gasteiger partial charge in [0.2, 0.25) is 0 Å². The van der Waals surface area contributed by atoms with Crippen LogP contribution in [0.1, 0.15) is 29.3 Å². The molecule has 8 heteroatoms. The molecule has 1 fully saturated rings. The maximum Gasteiger partial charge on any atom is 0.251 e. The van der Waals surface area contributed by atoms with Crippen LogP contribution >= 0.6 is 36.6 Å². The van der Waals surface area contributed by atoms with Crippen LogP contribution < -0.4 is 10.6 Å². The van der Waals surface area contributed by atoms with Gasteiger partial charge >= 0.3 is 0 Å². The van der Waals surface area contributed by atoms with E-state index in [1.165, 1.54) is 0 Å². The molecule has 3 N–H and O–H groups in total. The topological polar surface area (TPSA) is 69.8 Å². The van der Waals surface area contributed by atoms with Crippen LogP contribution in [0.5, 0.6) is 0 Å². The van der Waals surface area contributed by atoms with Gasteiger partial charge in [0.25, 0.3) is 5.91 Å². The summed E-state index contributed by atoms with van der Waals surface area (Å²) in [6.45, 7) is 4.07. The summed E-state index contributed by atoms with van der Waals surface area (Å²) in [7, 11) is 0. The number of aromatic nitrogens is 2. The lowest BCUT2D eigenvalue weighted by Crippen LogP contribution is -2.50. The van der Waals surface area contributed by atoms with E-state index in [1.807, 2.05) is 48.5 Å². The minimum absolute atomic E-state index is 0. The van der Waals surface area contributed by atoms with Crippen molar-refractivity contribution in [3.05, 3.63) is 59.7 Å². The molecular formula is C21H26Cl2N4OS. The van der Waals surface area contributed by atoms with Crippen molar-refractivity contribution in [1.29, 1.82) is 0 Å². The minimum Gasteiger partial charge on any atom is -0.348 e. The fourth-order valence-corrected chi connectivity index (χ4v) is 4.33. The molecule has 4 rings (SSSR count). The van der Waals surface area contributed by atoms with E-state index in [0.29, 0.717) is 11.7 Å². The van der Waals surface area contributed by atoms with Gasteiger partial charge in [-0.25, -0.2) is 4.98 Å². The molecule has 2 heterocycles. The van der Waals surface area contributed by atoms with Crippen LogP contribution in [0.25, 0.3) is 11.0 Å². The van der Waals surface area contributed by atoms with Gasteiger partial charge in [-0.15, -0.1) is 24.8 Å². The van der Waals surface area contributed by atoms with Crippen LogP contribution in [-0.4, -0.2) is 35.0 Å². The van der Waals surface area contributed by atoms with Gasteiger partial charge in [-0.3, -0.25) is 4.79 Å². The van der Waals surface area contributed by atoms with Crippen LogP contribution in [0.2, 0.25) is 0 Å². The smallest absolute Gasteiger partial charge is 0.251 e. The van der Waals surface area contributed by atoms with Crippen molar-refractivity contribution in [3.63, 3.8) is 0 Å². The molecule has 0 saturated carbocycles. The van der Waals surface area contributed by atoms with Gasteiger partial charge < -0.3 is 15.6 Å². The molecule has 3 aromatic rings. The molecule has 1 aliphatic rings. The fraction of sp³-hybridized carbons (Fsp3) is 0.333. The summed E-state index contributed by atoms with van der Waals surface area (Å²) in [6, 6.07) is 16.0. The zero-order chi connectivity index (χ0) is 18.6. The third-order valence-electron chi connectivity index (χ3n) is 5.14. The number of benzene rings is 2. The van der Waals surface area contributed by atoms with E-state index in [-0.39, 0.29) is 36.8 Å². The molecule has 0 bridgehead atoms. The van der Waals surface area contributed by atoms with E-state index in [4.69, 9.17) is 0 Å². The first-order valence-electron chi connectivity index (χ1n) is 9.38. The summed E-state index contributed by atoms with van der Waals surface area (Å²) in [6.07, 6.45) is 1.09. The number of piperidine rings is 1. The van der Waals surface area contributed by atoms with Crippen molar-refractivity contribution in [2.45, 2.75) is 30.3 Å².